The molecule has 3 rings (SSSR count). The molecule has 1 aliphatic rings. The number of benzodiazepines with no additional fused rings is 1. The molecular formula is C27H32FN3O4. The van der Waals surface area contributed by atoms with Gasteiger partial charge in [-0.05, 0) is 45.4 Å². The predicted molar refractivity (Wildman–Crippen MR) is 133 cm³/mol. The molecule has 8 heteroatoms. The zero-order chi connectivity index (χ0) is 26.1. The van der Waals surface area contributed by atoms with Gasteiger partial charge in [0.15, 0.2) is 5.78 Å². The average Bonchev–Trinajstić information content (AvgIpc) is 2.83. The van der Waals surface area contributed by atoms with Crippen molar-refractivity contribution in [3.05, 3.63) is 65.0 Å². The van der Waals surface area contributed by atoms with Gasteiger partial charge in [-0.15, -0.1) is 0 Å². The molecule has 0 radical (unpaired) electrons. The maximum Gasteiger partial charge on any atom is 0.409 e. The summed E-state index contributed by atoms with van der Waals surface area (Å²) in [5, 5.41) is 2.51. The van der Waals surface area contributed by atoms with Crippen molar-refractivity contribution in [2.75, 3.05) is 11.4 Å². The Morgan fingerprint density at radius 1 is 1.03 bits per heavy atom. The standard InChI is InChI=1S/C27H32FN3O4/c1-16-11-10-13-18-21(17-12-8-9-14-19(17)28)29-23(30-25(34)35-27(5,6)7)24(33)31(22(16)18)15-20(32)26(2,3)4/h8-14,23H,15H2,1-7H3,(H,30,34). The molecule has 0 saturated heterocycles. The third-order valence-corrected chi connectivity index (χ3v) is 5.44. The lowest BCUT2D eigenvalue weighted by Gasteiger charge is -2.29. The number of nitrogens with one attached hydrogen (secondary N) is 1. The van der Waals surface area contributed by atoms with Gasteiger partial charge in [-0.2, -0.15) is 0 Å². The number of amides is 2. The van der Waals surface area contributed by atoms with Gasteiger partial charge >= 0.3 is 6.09 Å². The van der Waals surface area contributed by atoms with Crippen LogP contribution in [0.25, 0.3) is 0 Å². The number of anilines is 1. The highest BCUT2D eigenvalue weighted by molar-refractivity contribution is 6.21. The number of rotatable bonds is 4. The van der Waals surface area contributed by atoms with Crippen LogP contribution in [0.2, 0.25) is 0 Å². The van der Waals surface area contributed by atoms with E-state index >= 15 is 0 Å². The van der Waals surface area contributed by atoms with E-state index in [1.54, 1.807) is 84.9 Å². The maximum absolute atomic E-state index is 14.9. The normalized spacial score (nSPS) is 16.2. The van der Waals surface area contributed by atoms with E-state index in [0.29, 0.717) is 16.8 Å². The number of hydrogen-bond donors (Lipinski definition) is 1. The Morgan fingerprint density at radius 3 is 2.26 bits per heavy atom. The molecule has 2 aromatic carbocycles. The summed E-state index contributed by atoms with van der Waals surface area (Å²) in [6.07, 6.45) is -2.28. The van der Waals surface area contributed by atoms with Crippen LogP contribution in [0.4, 0.5) is 14.9 Å². The number of carbonyl (C=O) groups is 3. The molecule has 186 valence electrons. The number of alkyl carbamates (subject to hydrolysis) is 1. The summed E-state index contributed by atoms with van der Waals surface area (Å²) >= 11 is 0. The highest BCUT2D eigenvalue weighted by Gasteiger charge is 2.37. The topological polar surface area (TPSA) is 88.1 Å². The number of ketones is 1. The second kappa shape index (κ2) is 9.60. The molecule has 1 aliphatic heterocycles. The molecule has 0 spiro atoms. The number of Topliss-reactive ketones (excluding diaryl/α,β-unsaturated/α-hetero) is 1. The molecule has 0 aromatic heterocycles. The van der Waals surface area contributed by atoms with Crippen molar-refractivity contribution in [2.24, 2.45) is 10.4 Å². The summed E-state index contributed by atoms with van der Waals surface area (Å²) in [6.45, 7) is 12.0. The van der Waals surface area contributed by atoms with E-state index in [9.17, 15) is 18.8 Å². The highest BCUT2D eigenvalue weighted by atomic mass is 19.1. The minimum Gasteiger partial charge on any atom is -0.444 e. The van der Waals surface area contributed by atoms with Gasteiger partial charge in [0, 0.05) is 16.5 Å². The van der Waals surface area contributed by atoms with Crippen molar-refractivity contribution in [2.45, 2.75) is 60.2 Å². The lowest BCUT2D eigenvalue weighted by molar-refractivity contribution is -0.127. The summed E-state index contributed by atoms with van der Waals surface area (Å²) < 4.78 is 20.3. The Bertz CT molecular complexity index is 1190. The molecule has 0 bridgehead atoms. The van der Waals surface area contributed by atoms with Crippen LogP contribution >= 0.6 is 0 Å². The van der Waals surface area contributed by atoms with Crippen molar-refractivity contribution >= 4 is 29.2 Å². The molecule has 1 heterocycles. The van der Waals surface area contributed by atoms with E-state index < -0.39 is 35.0 Å². The molecule has 2 amide bonds. The first-order valence-corrected chi connectivity index (χ1v) is 11.5. The highest BCUT2D eigenvalue weighted by Crippen LogP contribution is 2.33. The van der Waals surface area contributed by atoms with Crippen LogP contribution < -0.4 is 10.2 Å². The predicted octanol–water partition coefficient (Wildman–Crippen LogP) is 4.78. The fourth-order valence-corrected chi connectivity index (χ4v) is 3.64. The number of aliphatic imine (C=N–C) groups is 1. The number of carbonyl (C=O) groups excluding carboxylic acids is 3. The number of halogens is 1. The molecule has 35 heavy (non-hydrogen) atoms. The number of aryl methyl sites for hydroxylation is 1. The summed E-state index contributed by atoms with van der Waals surface area (Å²) in [5.74, 6) is -1.32. The molecule has 2 aromatic rings. The van der Waals surface area contributed by atoms with Crippen LogP contribution in [0, 0.1) is 18.2 Å². The minimum atomic E-state index is -1.43. The third-order valence-electron chi connectivity index (χ3n) is 5.44. The van der Waals surface area contributed by atoms with E-state index in [-0.39, 0.29) is 23.6 Å². The first-order chi connectivity index (χ1) is 16.2. The molecule has 1 N–H and O–H groups in total. The van der Waals surface area contributed by atoms with Gasteiger partial charge in [0.05, 0.1) is 17.9 Å². The number of hydrogen-bond acceptors (Lipinski definition) is 5. The van der Waals surface area contributed by atoms with Crippen LogP contribution in [0.3, 0.4) is 0 Å². The largest absolute Gasteiger partial charge is 0.444 e. The van der Waals surface area contributed by atoms with Gasteiger partial charge < -0.3 is 9.64 Å². The first-order valence-electron chi connectivity index (χ1n) is 11.5. The Hall–Kier alpha value is -3.55. The molecule has 0 saturated carbocycles. The van der Waals surface area contributed by atoms with E-state index in [4.69, 9.17) is 4.74 Å². The Labute approximate surface area is 205 Å². The van der Waals surface area contributed by atoms with E-state index in [2.05, 4.69) is 10.3 Å². The number of benzene rings is 2. The Morgan fingerprint density at radius 2 is 1.66 bits per heavy atom. The van der Waals surface area contributed by atoms with Crippen molar-refractivity contribution in [1.82, 2.24) is 5.32 Å². The summed E-state index contributed by atoms with van der Waals surface area (Å²) in [7, 11) is 0. The summed E-state index contributed by atoms with van der Waals surface area (Å²) in [5.41, 5.74) is 0.494. The van der Waals surface area contributed by atoms with Gasteiger partial charge in [-0.25, -0.2) is 14.2 Å². The van der Waals surface area contributed by atoms with Gasteiger partial charge in [0.25, 0.3) is 5.91 Å². The van der Waals surface area contributed by atoms with Gasteiger partial charge in [-0.3, -0.25) is 14.9 Å². The SMILES string of the molecule is Cc1cccc2c1N(CC(=O)C(C)(C)C)C(=O)C(NC(=O)OC(C)(C)C)N=C2c1ccccc1F. The number of nitrogens with zero attached hydrogens (tertiary/aromatic N) is 2. The lowest BCUT2D eigenvalue weighted by Crippen LogP contribution is -2.51. The van der Waals surface area contributed by atoms with E-state index in [0.717, 1.165) is 0 Å². The van der Waals surface area contributed by atoms with Gasteiger partial charge in [0.1, 0.15) is 11.4 Å². The van der Waals surface area contributed by atoms with Crippen molar-refractivity contribution in [3.63, 3.8) is 0 Å². The zero-order valence-electron chi connectivity index (χ0n) is 21.2. The molecule has 0 fully saturated rings. The quantitative estimate of drug-likeness (QED) is 0.681. The monoisotopic (exact) mass is 481 g/mol. The van der Waals surface area contributed by atoms with Crippen LogP contribution in [-0.2, 0) is 14.3 Å². The Kier molecular flexibility index (Phi) is 7.15. The van der Waals surface area contributed by atoms with Gasteiger partial charge in [-0.1, -0.05) is 51.1 Å². The summed E-state index contributed by atoms with van der Waals surface area (Å²) in [4.78, 5) is 45.3. The Balaban J connectivity index is 2.22. The van der Waals surface area contributed by atoms with Crippen LogP contribution in [-0.4, -0.2) is 41.8 Å². The van der Waals surface area contributed by atoms with Crippen LogP contribution in [0.1, 0.15) is 58.2 Å². The van der Waals surface area contributed by atoms with Crippen molar-refractivity contribution < 1.29 is 23.5 Å². The second-order valence-corrected chi connectivity index (χ2v) is 10.6. The molecular weight excluding hydrogens is 449 g/mol. The molecule has 1 unspecified atom stereocenters. The second-order valence-electron chi connectivity index (χ2n) is 10.6. The fraction of sp³-hybridized carbons (Fsp3) is 0.407. The number of para-hydroxylation sites is 1. The fourth-order valence-electron chi connectivity index (χ4n) is 3.64. The summed E-state index contributed by atoms with van der Waals surface area (Å²) in [6, 6.07) is 11.4. The molecule has 1 atom stereocenters. The average molecular weight is 482 g/mol. The lowest BCUT2D eigenvalue weighted by atomic mass is 9.90. The van der Waals surface area contributed by atoms with E-state index in [1.165, 1.54) is 11.0 Å². The number of ether oxygens (including phenoxy) is 1. The van der Waals surface area contributed by atoms with Crippen LogP contribution in [0.5, 0.6) is 0 Å². The first kappa shape index (κ1) is 26.1. The van der Waals surface area contributed by atoms with E-state index in [1.807, 2.05) is 0 Å². The van der Waals surface area contributed by atoms with Gasteiger partial charge in [0.2, 0.25) is 6.17 Å². The van der Waals surface area contributed by atoms with Crippen molar-refractivity contribution in [3.8, 4) is 0 Å². The number of fused-ring (bicyclic) bond motifs is 1. The van der Waals surface area contributed by atoms with Crippen molar-refractivity contribution in [1.29, 1.82) is 0 Å². The smallest absolute Gasteiger partial charge is 0.409 e. The molecule has 7 nitrogen and oxygen atoms in total. The van der Waals surface area contributed by atoms with Crippen LogP contribution in [0.15, 0.2) is 47.5 Å². The minimum absolute atomic E-state index is 0.173. The third kappa shape index (κ3) is 5.93. The maximum atomic E-state index is 14.9. The molecule has 0 aliphatic carbocycles. The zero-order valence-corrected chi connectivity index (χ0v) is 21.2.